The number of carbonyl (C=O) groups is 3. The molecule has 0 saturated heterocycles. The maximum absolute atomic E-state index is 13.6. The number of anilines is 1. The Bertz CT molecular complexity index is 1350. The third-order valence-corrected chi connectivity index (χ3v) is 6.74. The number of aliphatic carboxylic acids is 1. The van der Waals surface area contributed by atoms with Gasteiger partial charge in [-0.2, -0.15) is 18.3 Å². The molecule has 1 atom stereocenters. The molecule has 40 heavy (non-hydrogen) atoms. The zero-order valence-corrected chi connectivity index (χ0v) is 22.2. The number of aromatic nitrogens is 2. The van der Waals surface area contributed by atoms with Gasteiger partial charge in [-0.05, 0) is 47.9 Å². The number of amides is 2. The number of thioether (sulfide) groups is 1. The van der Waals surface area contributed by atoms with Gasteiger partial charge in [0.2, 0.25) is 11.8 Å². The zero-order valence-electron chi connectivity index (χ0n) is 21.4. The van der Waals surface area contributed by atoms with Gasteiger partial charge in [-0.1, -0.05) is 6.07 Å². The highest BCUT2D eigenvalue weighted by Gasteiger charge is 2.38. The lowest BCUT2D eigenvalue weighted by atomic mass is 9.96. The minimum Gasteiger partial charge on any atom is -0.492 e. The van der Waals surface area contributed by atoms with Gasteiger partial charge in [-0.3, -0.25) is 14.7 Å². The van der Waals surface area contributed by atoms with E-state index < -0.39 is 18.1 Å². The Morgan fingerprint density at radius 1 is 1.18 bits per heavy atom. The van der Waals surface area contributed by atoms with Crippen LogP contribution in [-0.2, 0) is 20.8 Å². The normalized spacial score (nSPS) is 14.2. The molecule has 14 heteroatoms. The molecule has 3 aromatic rings. The van der Waals surface area contributed by atoms with E-state index in [0.717, 1.165) is 16.0 Å². The number of fused-ring (bicyclic) bond motifs is 1. The van der Waals surface area contributed by atoms with Crippen molar-refractivity contribution >= 4 is 35.2 Å². The van der Waals surface area contributed by atoms with E-state index in [2.05, 4.69) is 15.5 Å². The quantitative estimate of drug-likeness (QED) is 0.275. The molecule has 1 unspecified atom stereocenters. The number of ether oxygens (including phenoxy) is 1. The van der Waals surface area contributed by atoms with E-state index in [1.807, 2.05) is 18.2 Å². The molecule has 0 bridgehead atoms. The standard InChI is InChI=1S/C24H25FN4O3S.C2HF3O2/c1-29(2)23(30)7-8-33-22-11-15(18-12-26-27-13-18)3-5-20(22)28-24(31)17-9-16-10-19(25)4-6-21(16)32-14-17;3-2(4,5)1(6)7/h3-6,10-13,17H,7-9,14H2,1-2H3,(H,26,27)(H,28,31);(H,6,7). The van der Waals surface area contributed by atoms with Crippen molar-refractivity contribution in [2.24, 2.45) is 5.92 Å². The number of hydrogen-bond acceptors (Lipinski definition) is 6. The fourth-order valence-corrected chi connectivity index (χ4v) is 4.55. The lowest BCUT2D eigenvalue weighted by molar-refractivity contribution is -0.192. The highest BCUT2D eigenvalue weighted by Crippen LogP contribution is 2.34. The van der Waals surface area contributed by atoms with Gasteiger partial charge in [0.15, 0.2) is 0 Å². The van der Waals surface area contributed by atoms with Gasteiger partial charge in [0.25, 0.3) is 0 Å². The topological polar surface area (TPSA) is 125 Å². The summed E-state index contributed by atoms with van der Waals surface area (Å²) < 4.78 is 51.0. The van der Waals surface area contributed by atoms with Crippen LogP contribution in [0.1, 0.15) is 12.0 Å². The van der Waals surface area contributed by atoms with E-state index in [4.69, 9.17) is 14.6 Å². The van der Waals surface area contributed by atoms with E-state index in [-0.39, 0.29) is 24.2 Å². The van der Waals surface area contributed by atoms with Crippen molar-refractivity contribution in [1.29, 1.82) is 0 Å². The zero-order chi connectivity index (χ0) is 29.4. The number of carboxylic acids is 1. The summed E-state index contributed by atoms with van der Waals surface area (Å²) in [6, 6.07) is 10.1. The summed E-state index contributed by atoms with van der Waals surface area (Å²) in [7, 11) is 3.46. The van der Waals surface area contributed by atoms with Crippen molar-refractivity contribution < 1.29 is 41.8 Å². The monoisotopic (exact) mass is 582 g/mol. The second-order valence-electron chi connectivity index (χ2n) is 8.84. The number of hydrogen-bond donors (Lipinski definition) is 3. The van der Waals surface area contributed by atoms with Gasteiger partial charge in [0.1, 0.15) is 18.2 Å². The van der Waals surface area contributed by atoms with Crippen molar-refractivity contribution in [3.8, 4) is 16.9 Å². The number of nitrogens with one attached hydrogen (secondary N) is 2. The third-order valence-electron chi connectivity index (χ3n) is 5.69. The predicted octanol–water partition coefficient (Wildman–Crippen LogP) is 4.61. The molecule has 0 fully saturated rings. The lowest BCUT2D eigenvalue weighted by Gasteiger charge is -2.25. The first-order chi connectivity index (χ1) is 18.8. The van der Waals surface area contributed by atoms with Crippen LogP contribution in [-0.4, -0.2) is 70.6 Å². The molecule has 4 rings (SSSR count). The van der Waals surface area contributed by atoms with E-state index in [0.29, 0.717) is 35.6 Å². The number of H-pyrrole nitrogens is 1. The highest BCUT2D eigenvalue weighted by molar-refractivity contribution is 7.99. The molecule has 9 nitrogen and oxygen atoms in total. The summed E-state index contributed by atoms with van der Waals surface area (Å²) in [4.78, 5) is 36.3. The molecule has 0 saturated carbocycles. The van der Waals surface area contributed by atoms with Crippen LogP contribution in [0, 0.1) is 11.7 Å². The number of halogens is 4. The Balaban J connectivity index is 0.000000559. The molecule has 1 aliphatic heterocycles. The molecular weight excluding hydrogens is 556 g/mol. The van der Waals surface area contributed by atoms with Crippen LogP contribution in [0.4, 0.5) is 23.2 Å². The van der Waals surface area contributed by atoms with Crippen LogP contribution < -0.4 is 10.1 Å². The van der Waals surface area contributed by atoms with Gasteiger partial charge in [-0.15, -0.1) is 11.8 Å². The predicted molar refractivity (Wildman–Crippen MR) is 139 cm³/mol. The van der Waals surface area contributed by atoms with Gasteiger partial charge in [0, 0.05) is 42.9 Å². The van der Waals surface area contributed by atoms with Crippen LogP contribution in [0.15, 0.2) is 53.7 Å². The number of benzene rings is 2. The average molecular weight is 583 g/mol. The fraction of sp³-hybridized carbons (Fsp3) is 0.308. The van der Waals surface area contributed by atoms with Crippen molar-refractivity contribution in [3.63, 3.8) is 0 Å². The minimum absolute atomic E-state index is 0.0457. The molecule has 2 aromatic carbocycles. The van der Waals surface area contributed by atoms with Crippen molar-refractivity contribution in [2.45, 2.75) is 23.9 Å². The first-order valence-electron chi connectivity index (χ1n) is 11.8. The smallest absolute Gasteiger partial charge is 0.490 e. The molecule has 0 radical (unpaired) electrons. The van der Waals surface area contributed by atoms with E-state index in [9.17, 15) is 27.2 Å². The second kappa shape index (κ2) is 13.3. The Morgan fingerprint density at radius 2 is 1.90 bits per heavy atom. The Labute approximate surface area is 230 Å². The fourth-order valence-electron chi connectivity index (χ4n) is 3.57. The summed E-state index contributed by atoms with van der Waals surface area (Å²) >= 11 is 1.51. The van der Waals surface area contributed by atoms with Crippen LogP contribution in [0.5, 0.6) is 5.75 Å². The molecule has 1 aromatic heterocycles. The van der Waals surface area contributed by atoms with E-state index >= 15 is 0 Å². The average Bonchev–Trinajstić information content (AvgIpc) is 3.44. The molecule has 3 N–H and O–H groups in total. The summed E-state index contributed by atoms with van der Waals surface area (Å²) in [5.74, 6) is -2.48. The summed E-state index contributed by atoms with van der Waals surface area (Å²) in [6.45, 7) is 0.234. The largest absolute Gasteiger partial charge is 0.492 e. The van der Waals surface area contributed by atoms with Gasteiger partial charge in [0.05, 0.1) is 17.8 Å². The number of carboxylic acid groups (broad SMARTS) is 1. The van der Waals surface area contributed by atoms with Crippen LogP contribution in [0.3, 0.4) is 0 Å². The number of carbonyl (C=O) groups excluding carboxylic acids is 2. The van der Waals surface area contributed by atoms with E-state index in [1.54, 1.807) is 37.5 Å². The SMILES string of the molecule is CN(C)C(=O)CCSc1cc(-c2cn[nH]c2)ccc1NC(=O)C1COc2ccc(F)cc2C1.O=C(O)C(F)(F)F. The molecule has 2 amide bonds. The van der Waals surface area contributed by atoms with Crippen LogP contribution >= 0.6 is 11.8 Å². The van der Waals surface area contributed by atoms with Crippen molar-refractivity contribution in [3.05, 3.63) is 60.2 Å². The Morgan fingerprint density at radius 3 is 2.52 bits per heavy atom. The van der Waals surface area contributed by atoms with Crippen molar-refractivity contribution in [2.75, 3.05) is 31.8 Å². The van der Waals surface area contributed by atoms with Crippen LogP contribution in [0.25, 0.3) is 11.1 Å². The van der Waals surface area contributed by atoms with Crippen LogP contribution in [0.2, 0.25) is 0 Å². The van der Waals surface area contributed by atoms with Gasteiger partial charge < -0.3 is 20.1 Å². The summed E-state index contributed by atoms with van der Waals surface area (Å²) in [6.07, 6.45) is -0.757. The second-order valence-corrected chi connectivity index (χ2v) is 9.98. The number of nitrogens with zero attached hydrogens (tertiary/aromatic N) is 2. The number of aromatic amines is 1. The molecule has 214 valence electrons. The van der Waals surface area contributed by atoms with Crippen molar-refractivity contribution in [1.82, 2.24) is 15.1 Å². The van der Waals surface area contributed by atoms with Gasteiger partial charge >= 0.3 is 12.1 Å². The molecule has 0 spiro atoms. The lowest BCUT2D eigenvalue weighted by Crippen LogP contribution is -2.32. The number of rotatable bonds is 7. The maximum atomic E-state index is 13.6. The highest BCUT2D eigenvalue weighted by atomic mass is 32.2. The Kier molecular flexibility index (Phi) is 10.2. The summed E-state index contributed by atoms with van der Waals surface area (Å²) in [5.41, 5.74) is 3.24. The molecule has 1 aliphatic rings. The molecule has 0 aliphatic carbocycles. The number of alkyl halides is 3. The van der Waals surface area contributed by atoms with E-state index in [1.165, 1.54) is 23.9 Å². The molecule has 2 heterocycles. The van der Waals surface area contributed by atoms with Gasteiger partial charge in [-0.25, -0.2) is 9.18 Å². The molecular formula is C26H26F4N4O5S. The first kappa shape index (κ1) is 30.5. The Hall–Kier alpha value is -4.07. The summed E-state index contributed by atoms with van der Waals surface area (Å²) in [5, 5.41) is 16.9. The first-order valence-corrected chi connectivity index (χ1v) is 12.8. The maximum Gasteiger partial charge on any atom is 0.490 e. The third kappa shape index (κ3) is 8.46. The minimum atomic E-state index is -5.08.